The standard InChI is InChI=1S/C16H15BrClNO5S/c1-19(23-2)25(21,22)15-9-12(5-8-14(15)18)16(20)24-10-11-3-6-13(17)7-4-11/h3-9H,10H2,1-2H3. The lowest BCUT2D eigenvalue weighted by Crippen LogP contribution is -2.26. The Morgan fingerprint density at radius 2 is 1.84 bits per heavy atom. The maximum atomic E-state index is 12.3. The van der Waals surface area contributed by atoms with E-state index in [4.69, 9.17) is 21.2 Å². The number of hydroxylamine groups is 1. The molecule has 2 aromatic carbocycles. The van der Waals surface area contributed by atoms with Gasteiger partial charge < -0.3 is 4.74 Å². The molecule has 0 heterocycles. The topological polar surface area (TPSA) is 72.9 Å². The van der Waals surface area contributed by atoms with Gasteiger partial charge in [-0.25, -0.2) is 13.2 Å². The molecule has 0 aliphatic rings. The van der Waals surface area contributed by atoms with Gasteiger partial charge in [-0.1, -0.05) is 44.1 Å². The lowest BCUT2D eigenvalue weighted by atomic mass is 10.2. The zero-order chi connectivity index (χ0) is 18.6. The van der Waals surface area contributed by atoms with Crippen LogP contribution in [0.3, 0.4) is 0 Å². The fourth-order valence-corrected chi connectivity index (χ4v) is 3.62. The number of esters is 1. The molecule has 2 aromatic rings. The molecule has 0 unspecified atom stereocenters. The maximum absolute atomic E-state index is 12.3. The lowest BCUT2D eigenvalue weighted by molar-refractivity contribution is -0.0258. The summed E-state index contributed by atoms with van der Waals surface area (Å²) >= 11 is 9.28. The number of ether oxygens (including phenoxy) is 1. The summed E-state index contributed by atoms with van der Waals surface area (Å²) in [5, 5.41) is -0.0200. The highest BCUT2D eigenvalue weighted by atomic mass is 79.9. The van der Waals surface area contributed by atoms with E-state index in [1.807, 2.05) is 24.3 Å². The minimum Gasteiger partial charge on any atom is -0.457 e. The number of carbonyl (C=O) groups is 1. The van der Waals surface area contributed by atoms with Gasteiger partial charge in [0.1, 0.15) is 11.5 Å². The Hall–Kier alpha value is -1.45. The fraction of sp³-hybridized carbons (Fsp3) is 0.188. The number of rotatable bonds is 6. The van der Waals surface area contributed by atoms with Gasteiger partial charge in [0, 0.05) is 11.5 Å². The molecule has 6 nitrogen and oxygen atoms in total. The Morgan fingerprint density at radius 1 is 1.20 bits per heavy atom. The zero-order valence-electron chi connectivity index (χ0n) is 13.4. The average molecular weight is 449 g/mol. The van der Waals surface area contributed by atoms with Crippen molar-refractivity contribution in [2.24, 2.45) is 0 Å². The van der Waals surface area contributed by atoms with Crippen LogP contribution in [0.4, 0.5) is 0 Å². The summed E-state index contributed by atoms with van der Waals surface area (Å²) in [6.07, 6.45) is 0. The summed E-state index contributed by atoms with van der Waals surface area (Å²) in [6.45, 7) is 0.0643. The van der Waals surface area contributed by atoms with Crippen molar-refractivity contribution in [3.8, 4) is 0 Å². The molecule has 0 aliphatic carbocycles. The van der Waals surface area contributed by atoms with E-state index in [-0.39, 0.29) is 22.1 Å². The summed E-state index contributed by atoms with van der Waals surface area (Å²) in [5.74, 6) is -0.656. The number of nitrogens with zero attached hydrogens (tertiary/aromatic N) is 1. The van der Waals surface area contributed by atoms with E-state index in [0.717, 1.165) is 16.1 Å². The van der Waals surface area contributed by atoms with Gasteiger partial charge in [0.2, 0.25) is 0 Å². The van der Waals surface area contributed by atoms with E-state index in [0.29, 0.717) is 4.47 Å². The highest BCUT2D eigenvalue weighted by Gasteiger charge is 2.25. The van der Waals surface area contributed by atoms with Gasteiger partial charge in [0.05, 0.1) is 17.7 Å². The molecule has 0 fully saturated rings. The van der Waals surface area contributed by atoms with E-state index in [1.54, 1.807) is 0 Å². The Kier molecular flexibility index (Phi) is 6.59. The van der Waals surface area contributed by atoms with Crippen LogP contribution in [-0.2, 0) is 26.2 Å². The second-order valence-corrected chi connectivity index (χ2v) is 8.17. The van der Waals surface area contributed by atoms with Crippen molar-refractivity contribution >= 4 is 43.5 Å². The van der Waals surface area contributed by atoms with Crippen LogP contribution >= 0.6 is 27.5 Å². The largest absolute Gasteiger partial charge is 0.457 e. The Balaban J connectivity index is 2.21. The molecule has 0 spiro atoms. The van der Waals surface area contributed by atoms with Gasteiger partial charge in [0.25, 0.3) is 10.0 Å². The third-order valence-corrected chi connectivity index (χ3v) is 6.01. The highest BCUT2D eigenvalue weighted by molar-refractivity contribution is 9.10. The molecular weight excluding hydrogens is 434 g/mol. The molecule has 134 valence electrons. The van der Waals surface area contributed by atoms with Crippen molar-refractivity contribution in [1.29, 1.82) is 0 Å². The van der Waals surface area contributed by atoms with E-state index >= 15 is 0 Å². The van der Waals surface area contributed by atoms with Crippen LogP contribution in [0.15, 0.2) is 51.8 Å². The van der Waals surface area contributed by atoms with Gasteiger partial charge >= 0.3 is 5.97 Å². The van der Waals surface area contributed by atoms with Gasteiger partial charge in [-0.3, -0.25) is 4.84 Å². The van der Waals surface area contributed by atoms with E-state index < -0.39 is 16.0 Å². The molecule has 0 bridgehead atoms. The van der Waals surface area contributed by atoms with Gasteiger partial charge in [0.15, 0.2) is 0 Å². The van der Waals surface area contributed by atoms with Crippen LogP contribution in [-0.4, -0.2) is 33.0 Å². The molecule has 0 aromatic heterocycles. The van der Waals surface area contributed by atoms with Crippen LogP contribution in [0.1, 0.15) is 15.9 Å². The molecule has 0 saturated carbocycles. The van der Waals surface area contributed by atoms with Crippen LogP contribution in [0, 0.1) is 0 Å². The second kappa shape index (κ2) is 8.29. The minimum absolute atomic E-state index is 0.0200. The molecule has 2 rings (SSSR count). The molecule has 25 heavy (non-hydrogen) atoms. The number of benzene rings is 2. The lowest BCUT2D eigenvalue weighted by Gasteiger charge is -2.15. The smallest absolute Gasteiger partial charge is 0.338 e. The number of halogens is 2. The number of hydrogen-bond acceptors (Lipinski definition) is 5. The van der Waals surface area contributed by atoms with E-state index in [2.05, 4.69) is 15.9 Å². The Morgan fingerprint density at radius 3 is 2.44 bits per heavy atom. The van der Waals surface area contributed by atoms with E-state index in [9.17, 15) is 13.2 Å². The van der Waals surface area contributed by atoms with Crippen LogP contribution in [0.25, 0.3) is 0 Å². The molecule has 0 amide bonds. The predicted molar refractivity (Wildman–Crippen MR) is 96.7 cm³/mol. The zero-order valence-corrected chi connectivity index (χ0v) is 16.6. The monoisotopic (exact) mass is 447 g/mol. The van der Waals surface area contributed by atoms with Crippen molar-refractivity contribution < 1.29 is 22.8 Å². The Bertz CT molecular complexity index is 871. The first kappa shape index (κ1) is 19.9. The first-order chi connectivity index (χ1) is 11.8. The van der Waals surface area contributed by atoms with Crippen LogP contribution in [0.2, 0.25) is 5.02 Å². The van der Waals surface area contributed by atoms with Gasteiger partial charge in [-0.05, 0) is 35.9 Å². The molecule has 0 saturated heterocycles. The van der Waals surface area contributed by atoms with Crippen molar-refractivity contribution in [3.05, 3.63) is 63.1 Å². The number of hydrogen-bond donors (Lipinski definition) is 0. The van der Waals surface area contributed by atoms with Crippen molar-refractivity contribution in [2.75, 3.05) is 14.2 Å². The summed E-state index contributed by atoms with van der Waals surface area (Å²) < 4.78 is 31.4. The number of carbonyl (C=O) groups excluding carboxylic acids is 1. The average Bonchev–Trinajstić information content (AvgIpc) is 2.60. The van der Waals surface area contributed by atoms with Gasteiger partial charge in [-0.15, -0.1) is 0 Å². The fourth-order valence-electron chi connectivity index (χ4n) is 1.88. The summed E-state index contributed by atoms with van der Waals surface area (Å²) in [6, 6.07) is 11.2. The van der Waals surface area contributed by atoms with Crippen LogP contribution < -0.4 is 0 Å². The van der Waals surface area contributed by atoms with E-state index in [1.165, 1.54) is 26.3 Å². The quantitative estimate of drug-likeness (QED) is 0.498. The van der Waals surface area contributed by atoms with Crippen molar-refractivity contribution in [1.82, 2.24) is 4.47 Å². The van der Waals surface area contributed by atoms with Gasteiger partial charge in [-0.2, -0.15) is 0 Å². The third kappa shape index (κ3) is 4.80. The van der Waals surface area contributed by atoms with Crippen molar-refractivity contribution in [2.45, 2.75) is 11.5 Å². The minimum atomic E-state index is -3.98. The molecular formula is C16H15BrClNO5S. The second-order valence-electron chi connectivity index (χ2n) is 4.95. The molecule has 0 atom stereocenters. The Labute approximate surface area is 159 Å². The SMILES string of the molecule is CON(C)S(=O)(=O)c1cc(C(=O)OCc2ccc(Br)cc2)ccc1Cl. The first-order valence-electron chi connectivity index (χ1n) is 7.00. The summed E-state index contributed by atoms with van der Waals surface area (Å²) in [7, 11) is -1.54. The predicted octanol–water partition coefficient (Wildman–Crippen LogP) is 3.64. The summed E-state index contributed by atoms with van der Waals surface area (Å²) in [4.78, 5) is 16.7. The molecule has 0 radical (unpaired) electrons. The third-order valence-electron chi connectivity index (χ3n) is 3.32. The molecule has 9 heteroatoms. The normalized spacial score (nSPS) is 11.6. The summed E-state index contributed by atoms with van der Waals surface area (Å²) in [5.41, 5.74) is 0.877. The maximum Gasteiger partial charge on any atom is 0.338 e. The first-order valence-corrected chi connectivity index (χ1v) is 9.61. The molecule has 0 N–H and O–H groups in total. The number of sulfonamides is 1. The van der Waals surface area contributed by atoms with Crippen molar-refractivity contribution in [3.63, 3.8) is 0 Å². The highest BCUT2D eigenvalue weighted by Crippen LogP contribution is 2.26. The van der Waals surface area contributed by atoms with Crippen LogP contribution in [0.5, 0.6) is 0 Å². The molecule has 0 aliphatic heterocycles.